The number of hydrogen-bond acceptors (Lipinski definition) is 4. The number of hydrogen-bond donors (Lipinski definition) is 2. The van der Waals surface area contributed by atoms with E-state index in [9.17, 15) is 5.11 Å². The summed E-state index contributed by atoms with van der Waals surface area (Å²) in [5, 5.41) is 19.6. The number of benzene rings is 2. The molecule has 108 valence electrons. The molecule has 0 amide bonds. The molecule has 1 atom stereocenters. The highest BCUT2D eigenvalue weighted by Crippen LogP contribution is 2.20. The Labute approximate surface area is 123 Å². The molecule has 0 aliphatic heterocycles. The third-order valence-corrected chi connectivity index (χ3v) is 3.47. The Morgan fingerprint density at radius 1 is 1.14 bits per heavy atom. The summed E-state index contributed by atoms with van der Waals surface area (Å²) in [5.41, 5.74) is 1.77. The Morgan fingerprint density at radius 2 is 1.95 bits per heavy atom. The smallest absolute Gasteiger partial charge is 0.150 e. The molecule has 3 aromatic rings. The minimum absolute atomic E-state index is 0.470. The average molecular weight is 282 g/mol. The maximum absolute atomic E-state index is 10.3. The van der Waals surface area contributed by atoms with Gasteiger partial charge in [-0.2, -0.15) is 0 Å². The summed E-state index contributed by atoms with van der Waals surface area (Å²) in [4.78, 5) is 0. The van der Waals surface area contributed by atoms with E-state index < -0.39 is 6.10 Å². The van der Waals surface area contributed by atoms with E-state index in [0.29, 0.717) is 13.1 Å². The van der Waals surface area contributed by atoms with Gasteiger partial charge in [-0.1, -0.05) is 41.6 Å². The van der Waals surface area contributed by atoms with E-state index >= 15 is 0 Å². The lowest BCUT2D eigenvalue weighted by Crippen LogP contribution is -2.20. The normalized spacial score (nSPS) is 12.7. The van der Waals surface area contributed by atoms with E-state index in [0.717, 1.165) is 22.4 Å². The van der Waals surface area contributed by atoms with Gasteiger partial charge in [0, 0.05) is 12.6 Å². The van der Waals surface area contributed by atoms with E-state index in [2.05, 4.69) is 22.6 Å². The molecule has 0 aliphatic rings. The molecule has 21 heavy (non-hydrogen) atoms. The Bertz CT molecular complexity index is 736. The van der Waals surface area contributed by atoms with Crippen molar-refractivity contribution in [1.29, 1.82) is 0 Å². The molecular formula is C17H18N2O2. The fourth-order valence-electron chi connectivity index (χ4n) is 2.36. The molecule has 2 N–H and O–H groups in total. The summed E-state index contributed by atoms with van der Waals surface area (Å²) in [5.74, 6) is 0.776. The maximum atomic E-state index is 10.3. The number of aromatic nitrogens is 1. The van der Waals surface area contributed by atoms with Crippen molar-refractivity contribution in [3.05, 3.63) is 65.5 Å². The van der Waals surface area contributed by atoms with Crippen molar-refractivity contribution >= 4 is 10.8 Å². The molecule has 1 heterocycles. The van der Waals surface area contributed by atoms with Gasteiger partial charge in [-0.05, 0) is 29.3 Å². The first-order chi connectivity index (χ1) is 10.2. The van der Waals surface area contributed by atoms with Crippen molar-refractivity contribution in [3.8, 4) is 0 Å². The first-order valence-electron chi connectivity index (χ1n) is 7.02. The van der Waals surface area contributed by atoms with Gasteiger partial charge >= 0.3 is 0 Å². The van der Waals surface area contributed by atoms with Crippen LogP contribution < -0.4 is 5.32 Å². The van der Waals surface area contributed by atoms with Gasteiger partial charge in [0.05, 0.1) is 18.3 Å². The van der Waals surface area contributed by atoms with Crippen molar-refractivity contribution in [2.45, 2.75) is 19.6 Å². The molecule has 0 spiro atoms. The summed E-state index contributed by atoms with van der Waals surface area (Å²) in [6, 6.07) is 16.0. The van der Waals surface area contributed by atoms with Crippen molar-refractivity contribution in [1.82, 2.24) is 10.5 Å². The SMILES string of the molecule is Cc1cc(CNCC(O)c2ccc3ccccc3c2)on1. The third-order valence-electron chi connectivity index (χ3n) is 3.47. The van der Waals surface area contributed by atoms with Crippen molar-refractivity contribution < 1.29 is 9.63 Å². The summed E-state index contributed by atoms with van der Waals surface area (Å²) >= 11 is 0. The van der Waals surface area contributed by atoms with Crippen molar-refractivity contribution in [2.24, 2.45) is 0 Å². The number of aliphatic hydroxyl groups is 1. The highest BCUT2D eigenvalue weighted by molar-refractivity contribution is 5.83. The van der Waals surface area contributed by atoms with Crippen LogP contribution in [0.15, 0.2) is 53.1 Å². The minimum Gasteiger partial charge on any atom is -0.387 e. The first kappa shape index (κ1) is 13.8. The molecule has 0 bridgehead atoms. The van der Waals surface area contributed by atoms with Gasteiger partial charge in [0.25, 0.3) is 0 Å². The van der Waals surface area contributed by atoms with Gasteiger partial charge < -0.3 is 14.9 Å². The second-order valence-electron chi connectivity index (χ2n) is 5.19. The standard InChI is InChI=1S/C17H18N2O2/c1-12-8-16(21-19-12)10-18-11-17(20)15-7-6-13-4-2-3-5-14(13)9-15/h2-9,17-18,20H,10-11H2,1H3. The van der Waals surface area contributed by atoms with Gasteiger partial charge in [-0.3, -0.25) is 0 Å². The number of aliphatic hydroxyl groups excluding tert-OH is 1. The molecule has 0 aliphatic carbocycles. The quantitative estimate of drug-likeness (QED) is 0.755. The van der Waals surface area contributed by atoms with Gasteiger partial charge in [0.15, 0.2) is 5.76 Å². The highest BCUT2D eigenvalue weighted by Gasteiger charge is 2.08. The maximum Gasteiger partial charge on any atom is 0.150 e. The Morgan fingerprint density at radius 3 is 2.71 bits per heavy atom. The van der Waals surface area contributed by atoms with Crippen LogP contribution in [0, 0.1) is 6.92 Å². The highest BCUT2D eigenvalue weighted by atomic mass is 16.5. The number of aryl methyl sites for hydroxylation is 1. The number of rotatable bonds is 5. The van der Waals surface area contributed by atoms with E-state index in [1.54, 1.807) is 0 Å². The van der Waals surface area contributed by atoms with Crippen LogP contribution in [-0.4, -0.2) is 16.8 Å². The van der Waals surface area contributed by atoms with Crippen molar-refractivity contribution in [3.63, 3.8) is 0 Å². The van der Waals surface area contributed by atoms with E-state index in [-0.39, 0.29) is 0 Å². The second-order valence-corrected chi connectivity index (χ2v) is 5.19. The second kappa shape index (κ2) is 6.08. The topological polar surface area (TPSA) is 58.3 Å². The van der Waals surface area contributed by atoms with Gasteiger partial charge in [-0.25, -0.2) is 0 Å². The predicted molar refractivity (Wildman–Crippen MR) is 81.9 cm³/mol. The zero-order chi connectivity index (χ0) is 14.7. The molecule has 0 radical (unpaired) electrons. The predicted octanol–water partition coefficient (Wildman–Crippen LogP) is 2.96. The average Bonchev–Trinajstić information content (AvgIpc) is 2.92. The number of nitrogens with one attached hydrogen (secondary N) is 1. The molecule has 4 nitrogen and oxygen atoms in total. The van der Waals surface area contributed by atoms with Crippen LogP contribution in [0.5, 0.6) is 0 Å². The zero-order valence-corrected chi connectivity index (χ0v) is 11.9. The fourth-order valence-corrected chi connectivity index (χ4v) is 2.36. The Kier molecular flexibility index (Phi) is 3.99. The molecule has 0 saturated heterocycles. The van der Waals surface area contributed by atoms with Gasteiger partial charge in [0.1, 0.15) is 0 Å². The Hall–Kier alpha value is -2.17. The molecule has 4 heteroatoms. The van der Waals surface area contributed by atoms with Gasteiger partial charge in [-0.15, -0.1) is 0 Å². The zero-order valence-electron chi connectivity index (χ0n) is 11.9. The van der Waals surface area contributed by atoms with E-state index in [1.807, 2.05) is 43.3 Å². The molecular weight excluding hydrogens is 264 g/mol. The molecule has 1 unspecified atom stereocenters. The fraction of sp³-hybridized carbons (Fsp3) is 0.235. The summed E-state index contributed by atoms with van der Waals surface area (Å²) in [6.07, 6.45) is -0.543. The lowest BCUT2D eigenvalue weighted by molar-refractivity contribution is 0.173. The van der Waals surface area contributed by atoms with Crippen LogP contribution in [0.2, 0.25) is 0 Å². The van der Waals surface area contributed by atoms with Crippen molar-refractivity contribution in [2.75, 3.05) is 6.54 Å². The molecule has 1 aromatic heterocycles. The molecule has 2 aromatic carbocycles. The third kappa shape index (κ3) is 3.29. The number of nitrogens with zero attached hydrogens (tertiary/aromatic N) is 1. The monoisotopic (exact) mass is 282 g/mol. The number of fused-ring (bicyclic) bond motifs is 1. The largest absolute Gasteiger partial charge is 0.387 e. The summed E-state index contributed by atoms with van der Waals surface area (Å²) in [7, 11) is 0. The Balaban J connectivity index is 1.62. The van der Waals surface area contributed by atoms with Crippen LogP contribution in [0.3, 0.4) is 0 Å². The lowest BCUT2D eigenvalue weighted by Gasteiger charge is -2.12. The van der Waals surface area contributed by atoms with Crippen LogP contribution >= 0.6 is 0 Å². The molecule has 0 fully saturated rings. The summed E-state index contributed by atoms with van der Waals surface area (Å²) < 4.78 is 5.12. The minimum atomic E-state index is -0.543. The van der Waals surface area contributed by atoms with Crippen LogP contribution in [-0.2, 0) is 6.54 Å². The van der Waals surface area contributed by atoms with Gasteiger partial charge in [0.2, 0.25) is 0 Å². The molecule has 0 saturated carbocycles. The molecule has 3 rings (SSSR count). The van der Waals surface area contributed by atoms with Crippen LogP contribution in [0.25, 0.3) is 10.8 Å². The van der Waals surface area contributed by atoms with Crippen LogP contribution in [0.1, 0.15) is 23.1 Å². The summed E-state index contributed by atoms with van der Waals surface area (Å²) in [6.45, 7) is 2.92. The van der Waals surface area contributed by atoms with Crippen LogP contribution in [0.4, 0.5) is 0 Å². The van der Waals surface area contributed by atoms with E-state index in [1.165, 1.54) is 5.39 Å². The van der Waals surface area contributed by atoms with E-state index in [4.69, 9.17) is 4.52 Å². The first-order valence-corrected chi connectivity index (χ1v) is 7.02. The lowest BCUT2D eigenvalue weighted by atomic mass is 10.0.